The van der Waals surface area contributed by atoms with E-state index in [-0.39, 0.29) is 5.15 Å². The molecule has 0 aliphatic rings. The van der Waals surface area contributed by atoms with Gasteiger partial charge in [0.15, 0.2) is 16.8 Å². The van der Waals surface area contributed by atoms with Crippen LogP contribution >= 0.6 is 11.6 Å². The van der Waals surface area contributed by atoms with Gasteiger partial charge in [0.25, 0.3) is 0 Å². The van der Waals surface area contributed by atoms with Crippen LogP contribution in [0.25, 0.3) is 11.4 Å². The number of nitrogens with zero attached hydrogens (tertiary/aromatic N) is 2. The van der Waals surface area contributed by atoms with Crippen molar-refractivity contribution in [2.75, 3.05) is 0 Å². The van der Waals surface area contributed by atoms with Crippen molar-refractivity contribution in [3.05, 3.63) is 47.5 Å². The zero-order valence-corrected chi connectivity index (χ0v) is 7.87. The molecular formula is C10H6ClFN2. The highest BCUT2D eigenvalue weighted by atomic mass is 35.5. The molecule has 4 heteroatoms. The lowest BCUT2D eigenvalue weighted by atomic mass is 10.2. The van der Waals surface area contributed by atoms with Gasteiger partial charge in [0.1, 0.15) is 0 Å². The van der Waals surface area contributed by atoms with E-state index >= 15 is 0 Å². The van der Waals surface area contributed by atoms with Crippen LogP contribution in [-0.4, -0.2) is 9.97 Å². The van der Waals surface area contributed by atoms with Gasteiger partial charge in [-0.1, -0.05) is 41.9 Å². The molecule has 14 heavy (non-hydrogen) atoms. The molecule has 1 aromatic carbocycles. The molecule has 0 aliphatic carbocycles. The van der Waals surface area contributed by atoms with Gasteiger partial charge in [-0.15, -0.1) is 0 Å². The molecule has 0 N–H and O–H groups in total. The molecule has 70 valence electrons. The van der Waals surface area contributed by atoms with Crippen LogP contribution in [0.5, 0.6) is 0 Å². The highest BCUT2D eigenvalue weighted by Gasteiger charge is 2.05. The van der Waals surface area contributed by atoms with Crippen LogP contribution in [0.4, 0.5) is 4.39 Å². The first-order valence-corrected chi connectivity index (χ1v) is 4.38. The average Bonchev–Trinajstić information content (AvgIpc) is 2.23. The first-order valence-electron chi connectivity index (χ1n) is 4.01. The van der Waals surface area contributed by atoms with E-state index < -0.39 is 5.82 Å². The Balaban J connectivity index is 2.48. The Labute approximate surface area is 85.4 Å². The first-order chi connectivity index (χ1) is 6.77. The summed E-state index contributed by atoms with van der Waals surface area (Å²) >= 11 is 5.54. The fourth-order valence-electron chi connectivity index (χ4n) is 1.07. The molecule has 1 aromatic heterocycles. The number of hydrogen-bond acceptors (Lipinski definition) is 2. The summed E-state index contributed by atoms with van der Waals surface area (Å²) < 4.78 is 12.8. The molecule has 0 amide bonds. The Hall–Kier alpha value is -1.48. The largest absolute Gasteiger partial charge is 0.233 e. The van der Waals surface area contributed by atoms with Crippen LogP contribution in [-0.2, 0) is 0 Å². The van der Waals surface area contributed by atoms with E-state index in [1.54, 1.807) is 0 Å². The van der Waals surface area contributed by atoms with Gasteiger partial charge in [0, 0.05) is 5.56 Å². The van der Waals surface area contributed by atoms with E-state index in [0.29, 0.717) is 5.82 Å². The molecule has 2 rings (SSSR count). The van der Waals surface area contributed by atoms with Crippen molar-refractivity contribution in [3.8, 4) is 11.4 Å². The first kappa shape index (κ1) is 9.09. The van der Waals surface area contributed by atoms with Crippen LogP contribution in [0, 0.1) is 5.82 Å². The summed E-state index contributed by atoms with van der Waals surface area (Å²) in [6.45, 7) is 0. The molecule has 0 saturated carbocycles. The zero-order chi connectivity index (χ0) is 9.97. The molecule has 0 bridgehead atoms. The van der Waals surface area contributed by atoms with Crippen LogP contribution in [0.1, 0.15) is 0 Å². The van der Waals surface area contributed by atoms with E-state index in [0.717, 1.165) is 11.8 Å². The van der Waals surface area contributed by atoms with Crippen molar-refractivity contribution in [1.82, 2.24) is 9.97 Å². The van der Waals surface area contributed by atoms with Crippen molar-refractivity contribution in [2.45, 2.75) is 0 Å². The Morgan fingerprint density at radius 1 is 1.14 bits per heavy atom. The van der Waals surface area contributed by atoms with Crippen molar-refractivity contribution in [2.24, 2.45) is 0 Å². The molecule has 0 radical (unpaired) electrons. The smallest absolute Gasteiger partial charge is 0.178 e. The molecule has 0 saturated heterocycles. The van der Waals surface area contributed by atoms with Crippen LogP contribution in [0.15, 0.2) is 36.5 Å². The minimum absolute atomic E-state index is 0.154. The van der Waals surface area contributed by atoms with E-state index in [1.807, 2.05) is 30.3 Å². The molecule has 0 unspecified atom stereocenters. The molecule has 1 heterocycles. The lowest BCUT2D eigenvalue weighted by Gasteiger charge is -1.99. The summed E-state index contributed by atoms with van der Waals surface area (Å²) in [6, 6.07) is 9.27. The maximum absolute atomic E-state index is 12.8. The maximum atomic E-state index is 12.8. The molecule has 0 atom stereocenters. The van der Waals surface area contributed by atoms with Gasteiger partial charge < -0.3 is 0 Å². The second-order valence-corrected chi connectivity index (χ2v) is 3.06. The average molecular weight is 209 g/mol. The lowest BCUT2D eigenvalue weighted by molar-refractivity contribution is 0.615. The molecule has 0 spiro atoms. The third-order valence-corrected chi connectivity index (χ3v) is 2.00. The maximum Gasteiger partial charge on any atom is 0.178 e. The van der Waals surface area contributed by atoms with E-state index in [9.17, 15) is 4.39 Å². The summed E-state index contributed by atoms with van der Waals surface area (Å²) in [6.07, 6.45) is 1.07. The monoisotopic (exact) mass is 208 g/mol. The van der Waals surface area contributed by atoms with Crippen LogP contribution in [0.3, 0.4) is 0 Å². The van der Waals surface area contributed by atoms with Gasteiger partial charge in [-0.3, -0.25) is 0 Å². The number of rotatable bonds is 1. The van der Waals surface area contributed by atoms with Crippen molar-refractivity contribution in [1.29, 1.82) is 0 Å². The zero-order valence-electron chi connectivity index (χ0n) is 7.11. The van der Waals surface area contributed by atoms with Crippen molar-refractivity contribution >= 4 is 11.6 Å². The summed E-state index contributed by atoms with van der Waals surface area (Å²) in [5.74, 6) is -0.177. The van der Waals surface area contributed by atoms with E-state index in [1.165, 1.54) is 0 Å². The fraction of sp³-hybridized carbons (Fsp3) is 0. The van der Waals surface area contributed by atoms with Crippen molar-refractivity contribution < 1.29 is 4.39 Å². The summed E-state index contributed by atoms with van der Waals surface area (Å²) in [5, 5.41) is -0.154. The number of aromatic nitrogens is 2. The highest BCUT2D eigenvalue weighted by Crippen LogP contribution is 2.17. The Morgan fingerprint density at radius 2 is 1.86 bits per heavy atom. The second kappa shape index (κ2) is 3.72. The standard InChI is InChI=1S/C10H6ClFN2/c11-9-8(12)6-13-10(14-9)7-4-2-1-3-5-7/h1-6H. The predicted octanol–water partition coefficient (Wildman–Crippen LogP) is 2.94. The highest BCUT2D eigenvalue weighted by molar-refractivity contribution is 6.29. The van der Waals surface area contributed by atoms with Gasteiger partial charge in [-0.25, -0.2) is 14.4 Å². The SMILES string of the molecule is Fc1cnc(-c2ccccc2)nc1Cl. The summed E-state index contributed by atoms with van der Waals surface area (Å²) in [5.41, 5.74) is 0.814. The summed E-state index contributed by atoms with van der Waals surface area (Å²) in [7, 11) is 0. The predicted molar refractivity (Wildman–Crippen MR) is 52.4 cm³/mol. The lowest BCUT2D eigenvalue weighted by Crippen LogP contribution is -1.91. The molecule has 2 nitrogen and oxygen atoms in total. The molecule has 0 aliphatic heterocycles. The Morgan fingerprint density at radius 3 is 2.50 bits per heavy atom. The number of benzene rings is 1. The number of hydrogen-bond donors (Lipinski definition) is 0. The quantitative estimate of drug-likeness (QED) is 0.674. The topological polar surface area (TPSA) is 25.8 Å². The molecular weight excluding hydrogens is 203 g/mol. The molecule has 2 aromatic rings. The summed E-state index contributed by atoms with van der Waals surface area (Å²) in [4.78, 5) is 7.66. The van der Waals surface area contributed by atoms with Crippen molar-refractivity contribution in [3.63, 3.8) is 0 Å². The minimum Gasteiger partial charge on any atom is -0.233 e. The fourth-order valence-corrected chi connectivity index (χ4v) is 1.20. The third kappa shape index (κ3) is 1.72. The van der Waals surface area contributed by atoms with Crippen LogP contribution < -0.4 is 0 Å². The normalized spacial score (nSPS) is 10.1. The van der Waals surface area contributed by atoms with Gasteiger partial charge in [0.05, 0.1) is 6.20 Å². The van der Waals surface area contributed by atoms with Gasteiger partial charge in [-0.2, -0.15) is 0 Å². The van der Waals surface area contributed by atoms with Crippen LogP contribution in [0.2, 0.25) is 5.15 Å². The number of halogens is 2. The van der Waals surface area contributed by atoms with Gasteiger partial charge in [0.2, 0.25) is 0 Å². The Bertz CT molecular complexity index is 445. The minimum atomic E-state index is -0.605. The van der Waals surface area contributed by atoms with Gasteiger partial charge in [-0.05, 0) is 0 Å². The van der Waals surface area contributed by atoms with E-state index in [4.69, 9.17) is 11.6 Å². The molecule has 0 fully saturated rings. The van der Waals surface area contributed by atoms with E-state index in [2.05, 4.69) is 9.97 Å². The third-order valence-electron chi connectivity index (χ3n) is 1.73. The second-order valence-electron chi connectivity index (χ2n) is 2.70. The Kier molecular flexibility index (Phi) is 2.41. The van der Waals surface area contributed by atoms with Gasteiger partial charge >= 0.3 is 0 Å².